The van der Waals surface area contributed by atoms with Gasteiger partial charge in [-0.15, -0.1) is 10.2 Å². The van der Waals surface area contributed by atoms with E-state index in [2.05, 4.69) is 15.5 Å². The van der Waals surface area contributed by atoms with Crippen molar-refractivity contribution in [2.24, 2.45) is 0 Å². The van der Waals surface area contributed by atoms with Gasteiger partial charge in [0, 0.05) is 23.6 Å². The van der Waals surface area contributed by atoms with Crippen LogP contribution in [0.1, 0.15) is 31.9 Å². The maximum absolute atomic E-state index is 14.8. The molecule has 0 atom stereocenters. The van der Waals surface area contributed by atoms with Gasteiger partial charge in [0.25, 0.3) is 0 Å². The summed E-state index contributed by atoms with van der Waals surface area (Å²) in [5, 5.41) is 11.6. The Bertz CT molecular complexity index is 1270. The zero-order valence-corrected chi connectivity index (χ0v) is 21.0. The van der Waals surface area contributed by atoms with Gasteiger partial charge in [-0.25, -0.2) is 8.78 Å². The molecular weight excluding hydrogens is 484 g/mol. The highest BCUT2D eigenvalue weighted by Crippen LogP contribution is 2.42. The molecule has 0 saturated heterocycles. The fraction of sp³-hybridized carbons (Fsp3) is 0.370. The van der Waals surface area contributed by atoms with Gasteiger partial charge in [0.1, 0.15) is 29.7 Å². The van der Waals surface area contributed by atoms with Crippen LogP contribution in [0.4, 0.5) is 20.3 Å². The third kappa shape index (κ3) is 6.51. The summed E-state index contributed by atoms with van der Waals surface area (Å²) in [6, 6.07) is 8.62. The molecule has 4 rings (SSSR count). The van der Waals surface area contributed by atoms with Crippen molar-refractivity contribution in [2.75, 3.05) is 31.7 Å². The number of nitrogens with one attached hydrogen (secondary N) is 1. The Morgan fingerprint density at radius 3 is 2.73 bits per heavy atom. The number of aromatic nitrogens is 2. The largest absolute Gasteiger partial charge is 0.490 e. The number of halogens is 2. The Hall–Kier alpha value is -3.79. The van der Waals surface area contributed by atoms with Gasteiger partial charge in [-0.1, -0.05) is 6.07 Å². The van der Waals surface area contributed by atoms with Crippen LogP contribution in [0, 0.1) is 11.6 Å². The molecule has 0 radical (unpaired) electrons. The molecule has 0 fully saturated rings. The number of carbonyl (C=O) groups excluding carboxylic acids is 1. The van der Waals surface area contributed by atoms with Gasteiger partial charge < -0.3 is 24.3 Å². The lowest BCUT2D eigenvalue weighted by Gasteiger charge is -2.15. The van der Waals surface area contributed by atoms with Gasteiger partial charge in [-0.05, 0) is 50.6 Å². The zero-order valence-electron chi connectivity index (χ0n) is 21.0. The number of rotatable bonds is 11. The van der Waals surface area contributed by atoms with Gasteiger partial charge >= 0.3 is 5.97 Å². The van der Waals surface area contributed by atoms with E-state index in [-0.39, 0.29) is 31.4 Å². The molecule has 0 saturated carbocycles. The Kier molecular flexibility index (Phi) is 8.50. The number of ether oxygens (including phenoxy) is 4. The molecule has 8 nitrogen and oxygen atoms in total. The number of benzene rings is 2. The van der Waals surface area contributed by atoms with Gasteiger partial charge in [0.2, 0.25) is 0 Å². The third-order valence-corrected chi connectivity index (χ3v) is 5.55. The van der Waals surface area contributed by atoms with Gasteiger partial charge in [-0.3, -0.25) is 4.79 Å². The number of anilines is 2. The maximum Gasteiger partial charge on any atom is 0.310 e. The number of esters is 1. The summed E-state index contributed by atoms with van der Waals surface area (Å²) in [7, 11) is 0. The van der Waals surface area contributed by atoms with Crippen molar-refractivity contribution in [1.82, 2.24) is 10.2 Å². The number of nitrogens with zero attached hydrogens (tertiary/aromatic N) is 2. The van der Waals surface area contributed by atoms with Crippen LogP contribution in [0.3, 0.4) is 0 Å². The molecule has 196 valence electrons. The zero-order chi connectivity index (χ0) is 26.4. The minimum Gasteiger partial charge on any atom is -0.490 e. The monoisotopic (exact) mass is 513 g/mol. The molecule has 1 aromatic heterocycles. The van der Waals surface area contributed by atoms with Crippen molar-refractivity contribution in [3.05, 3.63) is 59.2 Å². The van der Waals surface area contributed by atoms with E-state index in [1.807, 2.05) is 13.8 Å². The Balaban J connectivity index is 1.57. The second-order valence-electron chi connectivity index (χ2n) is 8.63. The van der Waals surface area contributed by atoms with Crippen LogP contribution >= 0.6 is 0 Å². The van der Waals surface area contributed by atoms with Crippen LogP contribution in [-0.4, -0.2) is 48.7 Å². The molecule has 0 amide bonds. The van der Waals surface area contributed by atoms with Gasteiger partial charge in [-0.2, -0.15) is 0 Å². The van der Waals surface area contributed by atoms with Crippen LogP contribution in [-0.2, 0) is 27.1 Å². The fourth-order valence-corrected chi connectivity index (χ4v) is 3.90. The molecule has 1 aliphatic heterocycles. The van der Waals surface area contributed by atoms with E-state index in [0.29, 0.717) is 53.8 Å². The summed E-state index contributed by atoms with van der Waals surface area (Å²) < 4.78 is 50.9. The van der Waals surface area contributed by atoms with E-state index in [4.69, 9.17) is 18.9 Å². The molecule has 0 bridgehead atoms. The molecule has 0 aliphatic carbocycles. The van der Waals surface area contributed by atoms with E-state index >= 15 is 0 Å². The van der Waals surface area contributed by atoms with Crippen LogP contribution < -0.4 is 14.8 Å². The van der Waals surface area contributed by atoms with Crippen molar-refractivity contribution in [1.29, 1.82) is 0 Å². The van der Waals surface area contributed by atoms with Crippen molar-refractivity contribution in [2.45, 2.75) is 39.7 Å². The number of hydrogen-bond acceptors (Lipinski definition) is 8. The molecule has 2 heterocycles. The second kappa shape index (κ2) is 12.0. The normalized spacial score (nSPS) is 12.3. The summed E-state index contributed by atoms with van der Waals surface area (Å²) in [5.41, 5.74) is 2.33. The van der Waals surface area contributed by atoms with E-state index < -0.39 is 17.6 Å². The van der Waals surface area contributed by atoms with Gasteiger partial charge in [0.05, 0.1) is 38.0 Å². The quantitative estimate of drug-likeness (QED) is 0.283. The molecule has 3 aromatic rings. The van der Waals surface area contributed by atoms with Crippen molar-refractivity contribution < 1.29 is 32.5 Å². The average Bonchev–Trinajstić information content (AvgIpc) is 3.35. The lowest BCUT2D eigenvalue weighted by molar-refractivity contribution is -0.142. The van der Waals surface area contributed by atoms with Crippen LogP contribution in [0.25, 0.3) is 11.3 Å². The minimum absolute atomic E-state index is 0.0194. The Labute approximate surface area is 213 Å². The number of hydrogen-bond donors (Lipinski definition) is 1. The van der Waals surface area contributed by atoms with Crippen molar-refractivity contribution >= 4 is 17.5 Å². The van der Waals surface area contributed by atoms with Crippen molar-refractivity contribution in [3.63, 3.8) is 0 Å². The fourth-order valence-electron chi connectivity index (χ4n) is 3.90. The van der Waals surface area contributed by atoms with Crippen LogP contribution in [0.2, 0.25) is 0 Å². The Morgan fingerprint density at radius 2 is 1.97 bits per heavy atom. The molecule has 37 heavy (non-hydrogen) atoms. The first kappa shape index (κ1) is 26.3. The maximum atomic E-state index is 14.8. The minimum atomic E-state index is -0.543. The standard InChI is InChI=1S/C27H29F2N3O5/c1-4-34-24(33)14-17-5-8-22(21(29)13-17)30-27-20-9-10-37-26(20)25(31-32-27)19-7-6-18(28)15-23(19)36-12-11-35-16(2)3/h5-8,13,15-16H,4,9-12,14H2,1-3H3,(H,30,32). The first-order valence-electron chi connectivity index (χ1n) is 12.1. The van der Waals surface area contributed by atoms with Crippen molar-refractivity contribution in [3.8, 4) is 22.8 Å². The first-order chi connectivity index (χ1) is 17.9. The van der Waals surface area contributed by atoms with Crippen LogP contribution in [0.5, 0.6) is 11.5 Å². The summed E-state index contributed by atoms with van der Waals surface area (Å²) >= 11 is 0. The molecule has 1 aliphatic rings. The second-order valence-corrected chi connectivity index (χ2v) is 8.63. The highest BCUT2D eigenvalue weighted by atomic mass is 19.1. The molecular formula is C27H29F2N3O5. The smallest absolute Gasteiger partial charge is 0.310 e. The van der Waals surface area contributed by atoms with E-state index in [0.717, 1.165) is 5.56 Å². The lowest BCUT2D eigenvalue weighted by atomic mass is 10.1. The number of fused-ring (bicyclic) bond motifs is 1. The molecule has 10 heteroatoms. The highest BCUT2D eigenvalue weighted by Gasteiger charge is 2.26. The highest BCUT2D eigenvalue weighted by molar-refractivity contribution is 5.77. The summed E-state index contributed by atoms with van der Waals surface area (Å²) in [6.07, 6.45) is 0.563. The average molecular weight is 514 g/mol. The SMILES string of the molecule is CCOC(=O)Cc1ccc(Nc2nnc(-c3ccc(F)cc3OCCOC(C)C)c3c2CCO3)c(F)c1. The van der Waals surface area contributed by atoms with Gasteiger partial charge in [0.15, 0.2) is 11.6 Å². The summed E-state index contributed by atoms with van der Waals surface area (Å²) in [6.45, 7) is 6.79. The predicted octanol–water partition coefficient (Wildman–Crippen LogP) is 5.01. The van der Waals surface area contributed by atoms with Crippen LogP contribution in [0.15, 0.2) is 36.4 Å². The number of carbonyl (C=O) groups is 1. The first-order valence-corrected chi connectivity index (χ1v) is 12.1. The topological polar surface area (TPSA) is 91.8 Å². The Morgan fingerprint density at radius 1 is 1.14 bits per heavy atom. The van der Waals surface area contributed by atoms with E-state index in [9.17, 15) is 13.6 Å². The molecule has 2 aromatic carbocycles. The van der Waals surface area contributed by atoms with E-state index in [1.54, 1.807) is 19.1 Å². The molecule has 0 unspecified atom stereocenters. The predicted molar refractivity (Wildman–Crippen MR) is 133 cm³/mol. The molecule has 0 spiro atoms. The van der Waals surface area contributed by atoms with E-state index in [1.165, 1.54) is 24.3 Å². The third-order valence-electron chi connectivity index (χ3n) is 5.55. The summed E-state index contributed by atoms with van der Waals surface area (Å²) in [5.74, 6) is -0.291. The lowest BCUT2D eigenvalue weighted by Crippen LogP contribution is -2.12. The summed E-state index contributed by atoms with van der Waals surface area (Å²) in [4.78, 5) is 11.7. The molecule has 1 N–H and O–H groups in total.